The number of hydrogen-bond donors (Lipinski definition) is 2. The third-order valence-corrected chi connectivity index (χ3v) is 2.76. The topological polar surface area (TPSA) is 84.0 Å². The van der Waals surface area contributed by atoms with Crippen LogP contribution in [0.25, 0.3) is 0 Å². The van der Waals surface area contributed by atoms with E-state index in [2.05, 4.69) is 20.6 Å². The molecule has 19 heavy (non-hydrogen) atoms. The second kappa shape index (κ2) is 6.47. The van der Waals surface area contributed by atoms with Gasteiger partial charge < -0.3 is 10.6 Å². The molecule has 1 aromatic rings. The first-order valence-electron chi connectivity index (χ1n) is 5.91. The van der Waals surface area contributed by atoms with E-state index in [0.29, 0.717) is 5.82 Å². The Hall–Kier alpha value is -1.69. The van der Waals surface area contributed by atoms with E-state index in [1.165, 1.54) is 13.2 Å². The molecule has 0 fully saturated rings. The van der Waals surface area contributed by atoms with Crippen molar-refractivity contribution in [1.82, 2.24) is 20.6 Å². The zero-order valence-electron chi connectivity index (χ0n) is 11.3. The van der Waals surface area contributed by atoms with Crippen LogP contribution in [0.3, 0.4) is 0 Å². The van der Waals surface area contributed by atoms with Gasteiger partial charge in [-0.05, 0) is 6.92 Å². The minimum absolute atomic E-state index is 0.0797. The number of carbonyl (C=O) groups excluding carboxylic acids is 2. The van der Waals surface area contributed by atoms with Gasteiger partial charge in [-0.15, -0.1) is 0 Å². The average Bonchev–Trinajstić information content (AvgIpc) is 2.37. The maximum atomic E-state index is 12.0. The Morgan fingerprint density at radius 3 is 2.47 bits per heavy atom. The summed E-state index contributed by atoms with van der Waals surface area (Å²) in [7, 11) is 1.50. The highest BCUT2D eigenvalue weighted by Gasteiger charge is 2.19. The first-order chi connectivity index (χ1) is 8.86. The van der Waals surface area contributed by atoms with Crippen molar-refractivity contribution in [2.75, 3.05) is 7.05 Å². The third kappa shape index (κ3) is 3.89. The van der Waals surface area contributed by atoms with Crippen molar-refractivity contribution in [2.45, 2.75) is 32.7 Å². The van der Waals surface area contributed by atoms with E-state index in [0.717, 1.165) is 0 Å². The van der Waals surface area contributed by atoms with Crippen molar-refractivity contribution in [3.05, 3.63) is 22.7 Å². The molecule has 1 unspecified atom stereocenters. The smallest absolute Gasteiger partial charge is 0.272 e. The highest BCUT2D eigenvalue weighted by atomic mass is 35.5. The second-order valence-corrected chi connectivity index (χ2v) is 4.80. The summed E-state index contributed by atoms with van der Waals surface area (Å²) in [6.07, 6.45) is 1.39. The zero-order chi connectivity index (χ0) is 14.6. The van der Waals surface area contributed by atoms with Gasteiger partial charge >= 0.3 is 0 Å². The molecule has 0 aliphatic heterocycles. The molecule has 1 rings (SSSR count). The Kier molecular flexibility index (Phi) is 5.23. The monoisotopic (exact) mass is 284 g/mol. The number of amides is 2. The summed E-state index contributed by atoms with van der Waals surface area (Å²) in [5, 5.41) is 5.13. The molecular formula is C12H17ClN4O2. The minimum Gasteiger partial charge on any atom is -0.357 e. The molecule has 0 spiro atoms. The maximum Gasteiger partial charge on any atom is 0.272 e. The molecule has 7 heteroatoms. The van der Waals surface area contributed by atoms with Gasteiger partial charge in [0.1, 0.15) is 17.6 Å². The summed E-state index contributed by atoms with van der Waals surface area (Å²) in [5.74, 6) is -0.171. The van der Waals surface area contributed by atoms with Crippen LogP contribution in [0.4, 0.5) is 0 Å². The number of carbonyl (C=O) groups is 2. The number of hydrogen-bond acceptors (Lipinski definition) is 4. The quantitative estimate of drug-likeness (QED) is 0.868. The van der Waals surface area contributed by atoms with E-state index in [1.807, 2.05) is 13.8 Å². The summed E-state index contributed by atoms with van der Waals surface area (Å²) in [6, 6.07) is -0.661. The molecule has 0 aromatic carbocycles. The number of aromatic nitrogens is 2. The molecule has 0 bridgehead atoms. The Morgan fingerprint density at radius 2 is 1.95 bits per heavy atom. The van der Waals surface area contributed by atoms with E-state index in [1.54, 1.807) is 6.92 Å². The third-order valence-electron chi connectivity index (χ3n) is 2.48. The van der Waals surface area contributed by atoms with Crippen molar-refractivity contribution < 1.29 is 9.59 Å². The van der Waals surface area contributed by atoms with Gasteiger partial charge in [-0.3, -0.25) is 9.59 Å². The molecule has 6 nitrogen and oxygen atoms in total. The molecule has 2 amide bonds. The van der Waals surface area contributed by atoms with Gasteiger partial charge in [0, 0.05) is 13.0 Å². The predicted octanol–water partition coefficient (Wildman–Crippen LogP) is 1.12. The Morgan fingerprint density at radius 1 is 1.32 bits per heavy atom. The van der Waals surface area contributed by atoms with E-state index < -0.39 is 11.9 Å². The summed E-state index contributed by atoms with van der Waals surface area (Å²) >= 11 is 5.91. The molecule has 1 heterocycles. The number of halogens is 1. The van der Waals surface area contributed by atoms with Gasteiger partial charge in [0.05, 0.1) is 11.2 Å². The van der Waals surface area contributed by atoms with Crippen molar-refractivity contribution in [3.8, 4) is 0 Å². The normalized spacial score (nSPS) is 12.1. The summed E-state index contributed by atoms with van der Waals surface area (Å²) < 4.78 is 0. The molecule has 0 saturated heterocycles. The van der Waals surface area contributed by atoms with Gasteiger partial charge in [-0.25, -0.2) is 9.97 Å². The summed E-state index contributed by atoms with van der Waals surface area (Å²) in [5.41, 5.74) is 0.0797. The molecule has 1 atom stereocenters. The first kappa shape index (κ1) is 15.4. The zero-order valence-corrected chi connectivity index (χ0v) is 12.1. The number of likely N-dealkylation sites (N-methyl/N-ethyl adjacent to an activating group) is 1. The first-order valence-corrected chi connectivity index (χ1v) is 6.29. The van der Waals surface area contributed by atoms with Crippen molar-refractivity contribution >= 4 is 23.4 Å². The molecule has 0 aliphatic rings. The second-order valence-electron chi connectivity index (χ2n) is 4.39. The van der Waals surface area contributed by atoms with Crippen molar-refractivity contribution in [3.63, 3.8) is 0 Å². The van der Waals surface area contributed by atoms with Crippen LogP contribution in [0, 0.1) is 0 Å². The lowest BCUT2D eigenvalue weighted by Gasteiger charge is -2.13. The summed E-state index contributed by atoms with van der Waals surface area (Å²) in [4.78, 5) is 31.5. The van der Waals surface area contributed by atoms with Crippen molar-refractivity contribution in [2.24, 2.45) is 0 Å². The van der Waals surface area contributed by atoms with Crippen LogP contribution in [-0.4, -0.2) is 34.9 Å². The largest absolute Gasteiger partial charge is 0.357 e. The molecule has 1 aromatic heterocycles. The van der Waals surface area contributed by atoms with E-state index in [9.17, 15) is 9.59 Å². The standard InChI is InChI=1S/C12H17ClN4O2/c1-6(2)10-15-5-8(13)9(17-10)12(19)16-7(3)11(18)14-4/h5-7H,1-4H3,(H,14,18)(H,16,19). The van der Waals surface area contributed by atoms with Gasteiger partial charge in [-0.1, -0.05) is 25.4 Å². The van der Waals surface area contributed by atoms with Gasteiger partial charge in [0.25, 0.3) is 5.91 Å². The molecule has 0 radical (unpaired) electrons. The highest BCUT2D eigenvalue weighted by Crippen LogP contribution is 2.16. The van der Waals surface area contributed by atoms with E-state index in [-0.39, 0.29) is 22.5 Å². The Balaban J connectivity index is 2.93. The lowest BCUT2D eigenvalue weighted by Crippen LogP contribution is -2.44. The summed E-state index contributed by atoms with van der Waals surface area (Å²) in [6.45, 7) is 5.41. The maximum absolute atomic E-state index is 12.0. The highest BCUT2D eigenvalue weighted by molar-refractivity contribution is 6.33. The predicted molar refractivity (Wildman–Crippen MR) is 72.1 cm³/mol. The van der Waals surface area contributed by atoms with E-state index in [4.69, 9.17) is 11.6 Å². The van der Waals surface area contributed by atoms with Crippen LogP contribution in [-0.2, 0) is 4.79 Å². The molecular weight excluding hydrogens is 268 g/mol. The van der Waals surface area contributed by atoms with Crippen LogP contribution >= 0.6 is 11.6 Å². The number of rotatable bonds is 4. The fraction of sp³-hybridized carbons (Fsp3) is 0.500. The fourth-order valence-electron chi connectivity index (χ4n) is 1.37. The minimum atomic E-state index is -0.661. The molecule has 0 saturated carbocycles. The molecule has 104 valence electrons. The van der Waals surface area contributed by atoms with Gasteiger partial charge in [-0.2, -0.15) is 0 Å². The number of nitrogens with one attached hydrogen (secondary N) is 2. The average molecular weight is 285 g/mol. The molecule has 2 N–H and O–H groups in total. The SMILES string of the molecule is CNC(=O)C(C)NC(=O)c1nc(C(C)C)ncc1Cl. The molecule has 0 aliphatic carbocycles. The Bertz CT molecular complexity index is 491. The van der Waals surface area contributed by atoms with Crippen molar-refractivity contribution in [1.29, 1.82) is 0 Å². The lowest BCUT2D eigenvalue weighted by atomic mass is 10.2. The van der Waals surface area contributed by atoms with E-state index >= 15 is 0 Å². The van der Waals surface area contributed by atoms with Crippen LogP contribution in [0.2, 0.25) is 5.02 Å². The fourth-order valence-corrected chi connectivity index (χ4v) is 1.54. The van der Waals surface area contributed by atoms with Gasteiger partial charge in [0.2, 0.25) is 5.91 Å². The van der Waals surface area contributed by atoms with Crippen LogP contribution < -0.4 is 10.6 Å². The lowest BCUT2D eigenvalue weighted by molar-refractivity contribution is -0.122. The van der Waals surface area contributed by atoms with Crippen LogP contribution in [0.15, 0.2) is 6.20 Å². The Labute approximate surface area is 117 Å². The van der Waals surface area contributed by atoms with Crippen LogP contribution in [0.5, 0.6) is 0 Å². The number of nitrogens with zero attached hydrogens (tertiary/aromatic N) is 2. The van der Waals surface area contributed by atoms with Crippen LogP contribution in [0.1, 0.15) is 43.0 Å². The van der Waals surface area contributed by atoms with Gasteiger partial charge in [0.15, 0.2) is 0 Å².